The van der Waals surface area contributed by atoms with E-state index in [1.165, 1.54) is 38.9 Å². The second-order valence-electron chi connectivity index (χ2n) is 5.35. The lowest BCUT2D eigenvalue weighted by molar-refractivity contribution is 0.107. The van der Waals surface area contributed by atoms with Crippen LogP contribution in [0, 0.1) is 0 Å². The molecule has 0 bridgehead atoms. The van der Waals surface area contributed by atoms with Gasteiger partial charge in [-0.1, -0.05) is 0 Å². The van der Waals surface area contributed by atoms with Crippen molar-refractivity contribution in [3.63, 3.8) is 0 Å². The number of rotatable bonds is 3. The topological polar surface area (TPSA) is 26.7 Å². The summed E-state index contributed by atoms with van der Waals surface area (Å²) in [6, 6.07) is 0.668. The summed E-state index contributed by atoms with van der Waals surface area (Å²) in [5.74, 6) is 0. The molecule has 2 saturated heterocycles. The molecule has 1 spiro atoms. The average molecular weight is 212 g/mol. The molecular weight excluding hydrogens is 188 g/mol. The number of nitrogens with zero attached hydrogens (tertiary/aromatic N) is 2. The van der Waals surface area contributed by atoms with Crippen molar-refractivity contribution in [1.29, 1.82) is 0 Å². The Morgan fingerprint density at radius 1 is 1.27 bits per heavy atom. The maximum Gasteiger partial charge on any atom is 0.0558 e. The molecule has 0 radical (unpaired) electrons. The van der Waals surface area contributed by atoms with E-state index < -0.39 is 0 Å². The largest absolute Gasteiger partial charge is 0.395 e. The molecule has 1 unspecified atom stereocenters. The summed E-state index contributed by atoms with van der Waals surface area (Å²) in [5.41, 5.74) is 0.410. The molecule has 0 aromatic rings. The summed E-state index contributed by atoms with van der Waals surface area (Å²) in [7, 11) is 0. The third-order valence-electron chi connectivity index (χ3n) is 4.20. The zero-order chi connectivity index (χ0) is 10.9. The van der Waals surface area contributed by atoms with E-state index in [4.69, 9.17) is 5.11 Å². The molecule has 88 valence electrons. The molecule has 1 atom stereocenters. The second kappa shape index (κ2) is 4.40. The highest BCUT2D eigenvalue weighted by Crippen LogP contribution is 2.37. The van der Waals surface area contributed by atoms with Crippen molar-refractivity contribution in [2.24, 2.45) is 0 Å². The van der Waals surface area contributed by atoms with Crippen LogP contribution < -0.4 is 0 Å². The Kier molecular flexibility index (Phi) is 3.33. The maximum absolute atomic E-state index is 9.09. The van der Waals surface area contributed by atoms with Crippen molar-refractivity contribution in [3.05, 3.63) is 0 Å². The summed E-state index contributed by atoms with van der Waals surface area (Å²) < 4.78 is 0. The van der Waals surface area contributed by atoms with E-state index in [1.54, 1.807) is 0 Å². The molecule has 0 aromatic heterocycles. The van der Waals surface area contributed by atoms with E-state index in [-0.39, 0.29) is 0 Å². The van der Waals surface area contributed by atoms with Gasteiger partial charge in [-0.15, -0.1) is 0 Å². The van der Waals surface area contributed by atoms with Crippen LogP contribution in [0.5, 0.6) is 0 Å². The molecule has 3 nitrogen and oxygen atoms in total. The van der Waals surface area contributed by atoms with E-state index in [9.17, 15) is 0 Å². The number of likely N-dealkylation sites (tertiary alicyclic amines) is 2. The maximum atomic E-state index is 9.09. The third-order valence-corrected chi connectivity index (χ3v) is 4.20. The van der Waals surface area contributed by atoms with Gasteiger partial charge in [0.15, 0.2) is 0 Å². The Hall–Kier alpha value is -0.120. The minimum atomic E-state index is 0.309. The van der Waals surface area contributed by atoms with Crippen LogP contribution in [-0.4, -0.2) is 59.3 Å². The molecule has 0 amide bonds. The van der Waals surface area contributed by atoms with Crippen molar-refractivity contribution in [2.45, 2.75) is 44.7 Å². The summed E-state index contributed by atoms with van der Waals surface area (Å²) in [6.45, 7) is 9.38. The number of hydrogen-bond acceptors (Lipinski definition) is 3. The highest BCUT2D eigenvalue weighted by atomic mass is 16.3. The van der Waals surface area contributed by atoms with Gasteiger partial charge in [0.2, 0.25) is 0 Å². The van der Waals surface area contributed by atoms with Crippen LogP contribution in [0.4, 0.5) is 0 Å². The first kappa shape index (κ1) is 11.4. The Bertz CT molecular complexity index is 220. The summed E-state index contributed by atoms with van der Waals surface area (Å²) in [4.78, 5) is 5.10. The van der Waals surface area contributed by atoms with Gasteiger partial charge in [0.25, 0.3) is 0 Å². The van der Waals surface area contributed by atoms with E-state index in [0.29, 0.717) is 18.2 Å². The van der Waals surface area contributed by atoms with Gasteiger partial charge in [-0.2, -0.15) is 0 Å². The Morgan fingerprint density at radius 2 is 2.07 bits per heavy atom. The molecule has 3 heteroatoms. The van der Waals surface area contributed by atoms with E-state index in [0.717, 1.165) is 6.54 Å². The van der Waals surface area contributed by atoms with Gasteiger partial charge in [0.05, 0.1) is 6.61 Å². The predicted molar refractivity (Wildman–Crippen MR) is 61.9 cm³/mol. The molecular formula is C12H24N2O. The molecule has 2 fully saturated rings. The number of aliphatic hydroxyl groups is 1. The van der Waals surface area contributed by atoms with Gasteiger partial charge >= 0.3 is 0 Å². The quantitative estimate of drug-likeness (QED) is 0.754. The van der Waals surface area contributed by atoms with Gasteiger partial charge in [0, 0.05) is 31.2 Å². The molecule has 2 rings (SSSR count). The average Bonchev–Trinajstić information content (AvgIpc) is 2.77. The summed E-state index contributed by atoms with van der Waals surface area (Å²) >= 11 is 0. The fourth-order valence-electron chi connectivity index (χ4n) is 3.25. The molecule has 0 saturated carbocycles. The van der Waals surface area contributed by atoms with E-state index >= 15 is 0 Å². The lowest BCUT2D eigenvalue weighted by Gasteiger charge is -2.35. The van der Waals surface area contributed by atoms with Crippen LogP contribution in [0.2, 0.25) is 0 Å². The monoisotopic (exact) mass is 212 g/mol. The highest BCUT2D eigenvalue weighted by molar-refractivity contribution is 5.03. The van der Waals surface area contributed by atoms with Crippen molar-refractivity contribution in [3.8, 4) is 0 Å². The minimum absolute atomic E-state index is 0.309. The normalized spacial score (nSPS) is 33.6. The molecule has 2 aliphatic heterocycles. The number of aliphatic hydroxyl groups excluding tert-OH is 1. The number of hydrogen-bond donors (Lipinski definition) is 1. The lowest BCUT2D eigenvalue weighted by Crippen LogP contribution is -2.47. The fraction of sp³-hybridized carbons (Fsp3) is 1.00. The van der Waals surface area contributed by atoms with Crippen LogP contribution in [0.15, 0.2) is 0 Å². The summed E-state index contributed by atoms with van der Waals surface area (Å²) in [6.07, 6.45) is 3.94. The van der Waals surface area contributed by atoms with Gasteiger partial charge in [-0.05, 0) is 39.7 Å². The predicted octanol–water partition coefficient (Wildman–Crippen LogP) is 0.927. The first-order valence-corrected chi connectivity index (χ1v) is 6.28. The van der Waals surface area contributed by atoms with E-state index in [1.807, 2.05) is 0 Å². The van der Waals surface area contributed by atoms with Crippen molar-refractivity contribution in [1.82, 2.24) is 9.80 Å². The first-order chi connectivity index (χ1) is 7.18. The standard InChI is InChI=1S/C12H24N2O/c1-11(2)13-7-5-12(10-13)4-3-6-14(12)8-9-15/h11,15H,3-10H2,1-2H3. The van der Waals surface area contributed by atoms with Crippen molar-refractivity contribution in [2.75, 3.05) is 32.8 Å². The lowest BCUT2D eigenvalue weighted by atomic mass is 9.95. The molecule has 1 N–H and O–H groups in total. The SMILES string of the molecule is CC(C)N1CCC2(CCCN2CCO)C1. The Morgan fingerprint density at radius 3 is 2.67 bits per heavy atom. The zero-order valence-electron chi connectivity index (χ0n) is 10.1. The Labute approximate surface area is 93.1 Å². The third kappa shape index (κ3) is 2.05. The van der Waals surface area contributed by atoms with Crippen LogP contribution >= 0.6 is 0 Å². The van der Waals surface area contributed by atoms with Gasteiger partial charge in [-0.25, -0.2) is 0 Å². The smallest absolute Gasteiger partial charge is 0.0558 e. The highest BCUT2D eigenvalue weighted by Gasteiger charge is 2.45. The molecule has 2 aliphatic rings. The van der Waals surface area contributed by atoms with Crippen LogP contribution in [0.25, 0.3) is 0 Å². The second-order valence-corrected chi connectivity index (χ2v) is 5.35. The van der Waals surface area contributed by atoms with Gasteiger partial charge in [0.1, 0.15) is 0 Å². The zero-order valence-corrected chi connectivity index (χ0v) is 10.1. The fourth-order valence-corrected chi connectivity index (χ4v) is 3.25. The van der Waals surface area contributed by atoms with Crippen LogP contribution in [-0.2, 0) is 0 Å². The number of β-amino-alcohol motifs (C(OH)–C–C–N with tert-alkyl or cyclic N) is 1. The van der Waals surface area contributed by atoms with E-state index in [2.05, 4.69) is 23.6 Å². The minimum Gasteiger partial charge on any atom is -0.395 e. The molecule has 2 heterocycles. The molecule has 15 heavy (non-hydrogen) atoms. The molecule has 0 aliphatic carbocycles. The van der Waals surface area contributed by atoms with Gasteiger partial charge < -0.3 is 5.11 Å². The molecule has 0 aromatic carbocycles. The van der Waals surface area contributed by atoms with Crippen molar-refractivity contribution < 1.29 is 5.11 Å². The van der Waals surface area contributed by atoms with Crippen molar-refractivity contribution >= 4 is 0 Å². The van der Waals surface area contributed by atoms with Crippen LogP contribution in [0.1, 0.15) is 33.1 Å². The first-order valence-electron chi connectivity index (χ1n) is 6.28. The summed E-state index contributed by atoms with van der Waals surface area (Å²) in [5, 5.41) is 9.09. The van der Waals surface area contributed by atoms with Crippen LogP contribution in [0.3, 0.4) is 0 Å². The Balaban J connectivity index is 2.01. The van der Waals surface area contributed by atoms with Gasteiger partial charge in [-0.3, -0.25) is 9.80 Å².